The van der Waals surface area contributed by atoms with Crippen LogP contribution < -0.4 is 5.32 Å². The minimum absolute atomic E-state index is 0.108. The zero-order valence-electron chi connectivity index (χ0n) is 9.18. The number of amides is 1. The highest BCUT2D eigenvalue weighted by atomic mass is 19.1. The smallest absolute Gasteiger partial charge is 0.244 e. The van der Waals surface area contributed by atoms with Gasteiger partial charge in [0.15, 0.2) is 0 Å². The molecule has 0 fully saturated rings. The summed E-state index contributed by atoms with van der Waals surface area (Å²) in [5.74, 6) is -1.57. The summed E-state index contributed by atoms with van der Waals surface area (Å²) in [6.45, 7) is 3.69. The van der Waals surface area contributed by atoms with E-state index in [1.54, 1.807) is 13.8 Å². The predicted molar refractivity (Wildman–Crippen MR) is 57.6 cm³/mol. The molecule has 0 radical (unpaired) electrons. The Balaban J connectivity index is 2.61. The molecule has 2 nitrogen and oxygen atoms in total. The van der Waals surface area contributed by atoms with Gasteiger partial charge in [-0.05, 0) is 31.5 Å². The zero-order chi connectivity index (χ0) is 12.1. The number of carbonyl (C=O) groups excluding carboxylic acids is 1. The Morgan fingerprint density at radius 1 is 1.25 bits per heavy atom. The number of allylic oxidation sites excluding steroid dienone is 1. The fraction of sp³-hybridized carbons (Fsp3) is 0.250. The number of rotatable bonds is 3. The second-order valence-electron chi connectivity index (χ2n) is 3.72. The van der Waals surface area contributed by atoms with E-state index in [9.17, 15) is 13.6 Å². The third-order valence-corrected chi connectivity index (χ3v) is 1.81. The molecule has 0 aliphatic carbocycles. The monoisotopic (exact) mass is 225 g/mol. The van der Waals surface area contributed by atoms with E-state index in [1.807, 2.05) is 0 Å². The fourth-order valence-corrected chi connectivity index (χ4v) is 1.22. The van der Waals surface area contributed by atoms with Gasteiger partial charge in [0, 0.05) is 18.7 Å². The molecular weight excluding hydrogens is 212 g/mol. The zero-order valence-corrected chi connectivity index (χ0v) is 9.18. The van der Waals surface area contributed by atoms with Gasteiger partial charge in [-0.15, -0.1) is 0 Å². The molecule has 0 aromatic heterocycles. The van der Waals surface area contributed by atoms with E-state index < -0.39 is 11.6 Å². The van der Waals surface area contributed by atoms with Gasteiger partial charge >= 0.3 is 0 Å². The van der Waals surface area contributed by atoms with Crippen molar-refractivity contribution in [2.24, 2.45) is 0 Å². The molecule has 1 amide bonds. The van der Waals surface area contributed by atoms with E-state index in [4.69, 9.17) is 0 Å². The molecule has 4 heteroatoms. The lowest BCUT2D eigenvalue weighted by Gasteiger charge is -2.03. The second kappa shape index (κ2) is 5.39. The molecule has 1 rings (SSSR count). The maximum atomic E-state index is 12.8. The van der Waals surface area contributed by atoms with Gasteiger partial charge in [0.2, 0.25) is 5.91 Å². The average molecular weight is 225 g/mol. The second-order valence-corrected chi connectivity index (χ2v) is 3.72. The first-order valence-electron chi connectivity index (χ1n) is 4.85. The van der Waals surface area contributed by atoms with Crippen LogP contribution >= 0.6 is 0 Å². The van der Waals surface area contributed by atoms with Crippen molar-refractivity contribution < 1.29 is 13.6 Å². The lowest BCUT2D eigenvalue weighted by atomic mass is 10.2. The van der Waals surface area contributed by atoms with Gasteiger partial charge in [0.1, 0.15) is 11.6 Å². The molecule has 0 saturated carbocycles. The molecule has 16 heavy (non-hydrogen) atoms. The van der Waals surface area contributed by atoms with Crippen molar-refractivity contribution in [1.82, 2.24) is 5.32 Å². The van der Waals surface area contributed by atoms with Crippen molar-refractivity contribution in [2.45, 2.75) is 20.4 Å². The van der Waals surface area contributed by atoms with Gasteiger partial charge in [-0.25, -0.2) is 8.78 Å². The minimum Gasteiger partial charge on any atom is -0.348 e. The molecule has 0 aliphatic heterocycles. The Labute approximate surface area is 93.0 Å². The molecule has 0 atom stereocenters. The van der Waals surface area contributed by atoms with E-state index in [1.165, 1.54) is 18.2 Å². The summed E-state index contributed by atoms with van der Waals surface area (Å²) in [5, 5.41) is 2.54. The van der Waals surface area contributed by atoms with E-state index >= 15 is 0 Å². The van der Waals surface area contributed by atoms with Crippen LogP contribution in [0.1, 0.15) is 19.4 Å². The largest absolute Gasteiger partial charge is 0.348 e. The number of nitrogens with one attached hydrogen (secondary N) is 1. The van der Waals surface area contributed by atoms with Gasteiger partial charge in [0.05, 0.1) is 0 Å². The number of hydrogen-bond donors (Lipinski definition) is 1. The summed E-state index contributed by atoms with van der Waals surface area (Å²) in [5.41, 5.74) is 1.26. The molecule has 1 aromatic carbocycles. The van der Waals surface area contributed by atoms with Crippen molar-refractivity contribution in [3.05, 3.63) is 47.0 Å². The van der Waals surface area contributed by atoms with E-state index in [0.29, 0.717) is 5.56 Å². The first kappa shape index (κ1) is 12.4. The maximum absolute atomic E-state index is 12.8. The van der Waals surface area contributed by atoms with Crippen LogP contribution in [0, 0.1) is 11.6 Å². The summed E-state index contributed by atoms with van der Waals surface area (Å²) in [4.78, 5) is 11.2. The van der Waals surface area contributed by atoms with Gasteiger partial charge in [-0.2, -0.15) is 0 Å². The highest BCUT2D eigenvalue weighted by molar-refractivity contribution is 5.87. The maximum Gasteiger partial charge on any atom is 0.244 e. The van der Waals surface area contributed by atoms with Crippen LogP contribution in [0.4, 0.5) is 8.78 Å². The molecule has 0 unspecified atom stereocenters. The summed E-state index contributed by atoms with van der Waals surface area (Å²) < 4.78 is 25.6. The Bertz CT molecular complexity index is 403. The fourth-order valence-electron chi connectivity index (χ4n) is 1.22. The summed E-state index contributed by atoms with van der Waals surface area (Å²) in [6.07, 6.45) is 1.43. The van der Waals surface area contributed by atoms with Crippen molar-refractivity contribution in [3.63, 3.8) is 0 Å². The molecule has 0 spiro atoms. The Morgan fingerprint density at radius 3 is 2.31 bits per heavy atom. The standard InChI is InChI=1S/C12H13F2NO/c1-8(2)3-12(16)15-7-9-4-10(13)6-11(14)5-9/h3-6H,7H2,1-2H3,(H,15,16). The molecule has 0 bridgehead atoms. The molecule has 86 valence electrons. The first-order valence-corrected chi connectivity index (χ1v) is 4.85. The lowest BCUT2D eigenvalue weighted by molar-refractivity contribution is -0.116. The highest BCUT2D eigenvalue weighted by Crippen LogP contribution is 2.07. The van der Waals surface area contributed by atoms with E-state index in [-0.39, 0.29) is 12.5 Å². The van der Waals surface area contributed by atoms with Crippen molar-refractivity contribution in [2.75, 3.05) is 0 Å². The number of carbonyl (C=O) groups is 1. The van der Waals surface area contributed by atoms with Crippen molar-refractivity contribution >= 4 is 5.91 Å². The third-order valence-electron chi connectivity index (χ3n) is 1.81. The van der Waals surface area contributed by atoms with Gasteiger partial charge in [0.25, 0.3) is 0 Å². The molecule has 0 saturated heterocycles. The van der Waals surface area contributed by atoms with Crippen molar-refractivity contribution in [3.8, 4) is 0 Å². The SMILES string of the molecule is CC(C)=CC(=O)NCc1cc(F)cc(F)c1. The van der Waals surface area contributed by atoms with Crippen LogP contribution in [0.15, 0.2) is 29.8 Å². The Hall–Kier alpha value is -1.71. The van der Waals surface area contributed by atoms with Crippen LogP contribution in [-0.2, 0) is 11.3 Å². The van der Waals surface area contributed by atoms with Crippen LogP contribution in [-0.4, -0.2) is 5.91 Å². The van der Waals surface area contributed by atoms with Gasteiger partial charge in [-0.3, -0.25) is 4.79 Å². The molecule has 1 N–H and O–H groups in total. The van der Waals surface area contributed by atoms with Gasteiger partial charge < -0.3 is 5.32 Å². The minimum atomic E-state index is -0.647. The predicted octanol–water partition coefficient (Wildman–Crippen LogP) is 2.55. The van der Waals surface area contributed by atoms with Crippen molar-refractivity contribution in [1.29, 1.82) is 0 Å². The number of halogens is 2. The van der Waals surface area contributed by atoms with Gasteiger partial charge in [-0.1, -0.05) is 5.57 Å². The number of hydrogen-bond acceptors (Lipinski definition) is 1. The molecule has 0 heterocycles. The lowest BCUT2D eigenvalue weighted by Crippen LogP contribution is -2.20. The van der Waals surface area contributed by atoms with Crippen LogP contribution in [0.5, 0.6) is 0 Å². The van der Waals surface area contributed by atoms with E-state index in [0.717, 1.165) is 11.6 Å². The highest BCUT2D eigenvalue weighted by Gasteiger charge is 2.02. The topological polar surface area (TPSA) is 29.1 Å². The summed E-state index contributed by atoms with van der Waals surface area (Å²) in [6, 6.07) is 3.17. The Kier molecular flexibility index (Phi) is 4.17. The van der Waals surface area contributed by atoms with Crippen LogP contribution in [0.3, 0.4) is 0 Å². The number of benzene rings is 1. The quantitative estimate of drug-likeness (QED) is 0.787. The third kappa shape index (κ3) is 4.21. The van der Waals surface area contributed by atoms with Crippen LogP contribution in [0.2, 0.25) is 0 Å². The average Bonchev–Trinajstić information content (AvgIpc) is 2.12. The summed E-state index contributed by atoms with van der Waals surface area (Å²) >= 11 is 0. The molecular formula is C12H13F2NO. The first-order chi connectivity index (χ1) is 7.47. The van der Waals surface area contributed by atoms with E-state index in [2.05, 4.69) is 5.32 Å². The molecule has 0 aliphatic rings. The summed E-state index contributed by atoms with van der Waals surface area (Å²) in [7, 11) is 0. The molecule has 1 aromatic rings. The normalized spacial score (nSPS) is 9.75. The Morgan fingerprint density at radius 2 is 1.81 bits per heavy atom. The van der Waals surface area contributed by atoms with Crippen LogP contribution in [0.25, 0.3) is 0 Å².